The van der Waals surface area contributed by atoms with Crippen LogP contribution >= 0.6 is 0 Å². The molecule has 1 atom stereocenters. The molecule has 1 amide bonds. The molecule has 6 nitrogen and oxygen atoms in total. The smallest absolute Gasteiger partial charge is 0.224 e. The predicted octanol–water partition coefficient (Wildman–Crippen LogP) is 0.419. The van der Waals surface area contributed by atoms with Crippen molar-refractivity contribution in [1.82, 2.24) is 20.0 Å². The highest BCUT2D eigenvalue weighted by atomic mass is 16.5. The molecule has 0 aromatic carbocycles. The van der Waals surface area contributed by atoms with Crippen LogP contribution in [0.25, 0.3) is 0 Å². The summed E-state index contributed by atoms with van der Waals surface area (Å²) < 4.78 is 7.17. The third kappa shape index (κ3) is 4.61. The van der Waals surface area contributed by atoms with E-state index in [0.29, 0.717) is 32.2 Å². The highest BCUT2D eigenvalue weighted by Gasteiger charge is 2.16. The topological polar surface area (TPSA) is 59.4 Å². The van der Waals surface area contributed by atoms with Gasteiger partial charge in [-0.25, -0.2) is 0 Å². The van der Waals surface area contributed by atoms with Crippen molar-refractivity contribution in [2.45, 2.75) is 32.9 Å². The molecule has 1 aliphatic heterocycles. The standard InChI is InChI=1S/C14H24N4O2/c1-12-9-16-18(10-12)11-13(2)15-4-3-14(19)17-5-7-20-8-6-17/h9-10,13,15H,3-8,11H2,1-2H3/t13-/m1/s1. The molecule has 2 rings (SSSR count). The summed E-state index contributed by atoms with van der Waals surface area (Å²) in [6.07, 6.45) is 4.42. The second-order valence-corrected chi connectivity index (χ2v) is 5.34. The number of nitrogens with one attached hydrogen (secondary N) is 1. The van der Waals surface area contributed by atoms with Gasteiger partial charge in [-0.15, -0.1) is 0 Å². The quantitative estimate of drug-likeness (QED) is 0.820. The number of rotatable bonds is 6. The first-order valence-electron chi connectivity index (χ1n) is 7.23. The minimum atomic E-state index is 0.211. The fourth-order valence-corrected chi connectivity index (χ4v) is 2.31. The summed E-state index contributed by atoms with van der Waals surface area (Å²) in [5, 5.41) is 7.63. The van der Waals surface area contributed by atoms with Gasteiger partial charge in [0.25, 0.3) is 0 Å². The van der Waals surface area contributed by atoms with Gasteiger partial charge in [-0.1, -0.05) is 0 Å². The molecule has 0 radical (unpaired) electrons. The average molecular weight is 280 g/mol. The molecular formula is C14H24N4O2. The monoisotopic (exact) mass is 280 g/mol. The van der Waals surface area contributed by atoms with Crippen LogP contribution in [0, 0.1) is 6.92 Å². The Morgan fingerprint density at radius 2 is 2.25 bits per heavy atom. The zero-order valence-corrected chi connectivity index (χ0v) is 12.3. The van der Waals surface area contributed by atoms with Gasteiger partial charge in [-0.05, 0) is 19.4 Å². The van der Waals surface area contributed by atoms with Crippen molar-refractivity contribution in [2.75, 3.05) is 32.8 Å². The van der Waals surface area contributed by atoms with Crippen molar-refractivity contribution in [3.63, 3.8) is 0 Å². The van der Waals surface area contributed by atoms with Gasteiger partial charge in [0, 0.05) is 38.3 Å². The van der Waals surface area contributed by atoms with E-state index in [9.17, 15) is 4.79 Å². The Morgan fingerprint density at radius 1 is 1.50 bits per heavy atom. The fraction of sp³-hybridized carbons (Fsp3) is 0.714. The maximum absolute atomic E-state index is 12.0. The van der Waals surface area contributed by atoms with Crippen molar-refractivity contribution >= 4 is 5.91 Å². The Bertz CT molecular complexity index is 427. The van der Waals surface area contributed by atoms with Crippen molar-refractivity contribution in [1.29, 1.82) is 0 Å². The number of hydrogen-bond acceptors (Lipinski definition) is 4. The lowest BCUT2D eigenvalue weighted by Crippen LogP contribution is -2.42. The number of amides is 1. The fourth-order valence-electron chi connectivity index (χ4n) is 2.31. The highest BCUT2D eigenvalue weighted by Crippen LogP contribution is 2.00. The minimum absolute atomic E-state index is 0.211. The van der Waals surface area contributed by atoms with Gasteiger partial charge in [0.1, 0.15) is 0 Å². The molecule has 0 bridgehead atoms. The molecule has 0 saturated carbocycles. The van der Waals surface area contributed by atoms with Gasteiger partial charge in [0.2, 0.25) is 5.91 Å². The van der Waals surface area contributed by atoms with Gasteiger partial charge in [0.05, 0.1) is 26.0 Å². The van der Waals surface area contributed by atoms with Crippen LogP contribution in [0.1, 0.15) is 18.9 Å². The number of carbonyl (C=O) groups excluding carboxylic acids is 1. The van der Waals surface area contributed by atoms with Gasteiger partial charge < -0.3 is 15.0 Å². The Morgan fingerprint density at radius 3 is 2.90 bits per heavy atom. The number of aromatic nitrogens is 2. The first-order chi connectivity index (χ1) is 9.65. The van der Waals surface area contributed by atoms with E-state index >= 15 is 0 Å². The summed E-state index contributed by atoms with van der Waals surface area (Å²) in [5.41, 5.74) is 1.17. The van der Waals surface area contributed by atoms with E-state index in [0.717, 1.165) is 19.6 Å². The third-order valence-electron chi connectivity index (χ3n) is 3.42. The zero-order valence-electron chi connectivity index (χ0n) is 12.3. The highest BCUT2D eigenvalue weighted by molar-refractivity contribution is 5.76. The normalized spacial score (nSPS) is 17.2. The molecule has 20 heavy (non-hydrogen) atoms. The van der Waals surface area contributed by atoms with Gasteiger partial charge in [0.15, 0.2) is 0 Å². The molecule has 1 aromatic rings. The summed E-state index contributed by atoms with van der Waals surface area (Å²) in [5.74, 6) is 0.211. The Balaban J connectivity index is 1.63. The molecule has 2 heterocycles. The molecule has 0 aliphatic carbocycles. The van der Waals surface area contributed by atoms with Crippen molar-refractivity contribution in [3.8, 4) is 0 Å². The molecule has 0 unspecified atom stereocenters. The first kappa shape index (κ1) is 15.0. The van der Waals surface area contributed by atoms with Gasteiger partial charge in [-0.3, -0.25) is 9.48 Å². The SMILES string of the molecule is Cc1cnn(C[C@@H](C)NCCC(=O)N2CCOCC2)c1. The van der Waals surface area contributed by atoms with Crippen LogP contribution in [0.2, 0.25) is 0 Å². The summed E-state index contributed by atoms with van der Waals surface area (Å²) in [6, 6.07) is 0.298. The van der Waals surface area contributed by atoms with E-state index in [2.05, 4.69) is 17.3 Å². The summed E-state index contributed by atoms with van der Waals surface area (Å²) >= 11 is 0. The lowest BCUT2D eigenvalue weighted by Gasteiger charge is -2.27. The minimum Gasteiger partial charge on any atom is -0.378 e. The molecule has 1 saturated heterocycles. The lowest BCUT2D eigenvalue weighted by atomic mass is 10.3. The Hall–Kier alpha value is -1.40. The van der Waals surface area contributed by atoms with Crippen LogP contribution in [0.4, 0.5) is 0 Å². The number of carbonyl (C=O) groups is 1. The molecule has 0 spiro atoms. The second-order valence-electron chi connectivity index (χ2n) is 5.34. The largest absolute Gasteiger partial charge is 0.378 e. The maximum atomic E-state index is 12.0. The molecule has 1 aromatic heterocycles. The van der Waals surface area contributed by atoms with Gasteiger partial charge in [-0.2, -0.15) is 5.10 Å². The van der Waals surface area contributed by atoms with Crippen LogP contribution in [0.15, 0.2) is 12.4 Å². The molecule has 1 aliphatic rings. The van der Waals surface area contributed by atoms with E-state index in [1.54, 1.807) is 0 Å². The van der Waals surface area contributed by atoms with Crippen molar-refractivity contribution in [3.05, 3.63) is 18.0 Å². The van der Waals surface area contributed by atoms with E-state index in [1.165, 1.54) is 5.56 Å². The van der Waals surface area contributed by atoms with E-state index in [4.69, 9.17) is 4.74 Å². The van der Waals surface area contributed by atoms with Crippen LogP contribution < -0.4 is 5.32 Å². The number of morpholine rings is 1. The van der Waals surface area contributed by atoms with E-state index in [-0.39, 0.29) is 5.91 Å². The predicted molar refractivity (Wildman–Crippen MR) is 76.4 cm³/mol. The number of ether oxygens (including phenoxy) is 1. The number of nitrogens with zero attached hydrogens (tertiary/aromatic N) is 3. The Labute approximate surface area is 120 Å². The summed E-state index contributed by atoms with van der Waals surface area (Å²) in [4.78, 5) is 13.8. The van der Waals surface area contributed by atoms with Crippen molar-refractivity contribution in [2.24, 2.45) is 0 Å². The van der Waals surface area contributed by atoms with Gasteiger partial charge >= 0.3 is 0 Å². The molecule has 1 fully saturated rings. The molecule has 1 N–H and O–H groups in total. The van der Waals surface area contributed by atoms with E-state index < -0.39 is 0 Å². The molecule has 6 heteroatoms. The third-order valence-corrected chi connectivity index (χ3v) is 3.42. The molecule has 112 valence electrons. The molecular weight excluding hydrogens is 256 g/mol. The van der Waals surface area contributed by atoms with Crippen LogP contribution in [0.3, 0.4) is 0 Å². The second kappa shape index (κ2) is 7.40. The summed E-state index contributed by atoms with van der Waals surface area (Å²) in [6.45, 7) is 8.43. The average Bonchev–Trinajstić information content (AvgIpc) is 2.85. The van der Waals surface area contributed by atoms with Crippen LogP contribution in [-0.4, -0.2) is 59.5 Å². The zero-order chi connectivity index (χ0) is 14.4. The number of aryl methyl sites for hydroxylation is 1. The lowest BCUT2D eigenvalue weighted by molar-refractivity contribution is -0.135. The number of hydrogen-bond donors (Lipinski definition) is 1. The maximum Gasteiger partial charge on any atom is 0.224 e. The van der Waals surface area contributed by atoms with Crippen molar-refractivity contribution < 1.29 is 9.53 Å². The first-order valence-corrected chi connectivity index (χ1v) is 7.23. The summed E-state index contributed by atoms with van der Waals surface area (Å²) in [7, 11) is 0. The Kier molecular flexibility index (Phi) is 5.55. The van der Waals surface area contributed by atoms with Crippen LogP contribution in [-0.2, 0) is 16.1 Å². The van der Waals surface area contributed by atoms with Crippen LogP contribution in [0.5, 0.6) is 0 Å². The van der Waals surface area contributed by atoms with E-state index in [1.807, 2.05) is 28.9 Å².